The molecule has 0 amide bonds. The SMILES string of the molecule is CN(C)c1ccc2nc(CN)cn2n1. The van der Waals surface area contributed by atoms with E-state index in [0.717, 1.165) is 17.2 Å². The predicted molar refractivity (Wildman–Crippen MR) is 55.2 cm³/mol. The molecule has 2 N–H and O–H groups in total. The second-order valence-corrected chi connectivity index (χ2v) is 3.33. The summed E-state index contributed by atoms with van der Waals surface area (Å²) in [5.41, 5.74) is 7.18. The third-order valence-electron chi connectivity index (χ3n) is 2.02. The molecule has 0 aliphatic heterocycles. The predicted octanol–water partition coefficient (Wildman–Crippen LogP) is 0.254. The molecule has 0 spiro atoms. The van der Waals surface area contributed by atoms with Gasteiger partial charge in [-0.25, -0.2) is 9.50 Å². The number of hydrogen-bond donors (Lipinski definition) is 1. The summed E-state index contributed by atoms with van der Waals surface area (Å²) in [5.74, 6) is 0.901. The molecule has 0 atom stereocenters. The van der Waals surface area contributed by atoms with E-state index in [2.05, 4.69) is 10.1 Å². The van der Waals surface area contributed by atoms with E-state index in [1.54, 1.807) is 4.52 Å². The molecule has 14 heavy (non-hydrogen) atoms. The van der Waals surface area contributed by atoms with Crippen LogP contribution in [0.4, 0.5) is 5.82 Å². The van der Waals surface area contributed by atoms with E-state index in [0.29, 0.717) is 6.54 Å². The van der Waals surface area contributed by atoms with Gasteiger partial charge in [-0.05, 0) is 12.1 Å². The second-order valence-electron chi connectivity index (χ2n) is 3.33. The van der Waals surface area contributed by atoms with Crippen LogP contribution < -0.4 is 10.6 Å². The minimum atomic E-state index is 0.445. The molecule has 0 aliphatic rings. The van der Waals surface area contributed by atoms with E-state index in [4.69, 9.17) is 5.73 Å². The van der Waals surface area contributed by atoms with Gasteiger partial charge in [-0.15, -0.1) is 5.10 Å². The van der Waals surface area contributed by atoms with E-state index in [-0.39, 0.29) is 0 Å². The largest absolute Gasteiger partial charge is 0.361 e. The minimum Gasteiger partial charge on any atom is -0.361 e. The highest BCUT2D eigenvalue weighted by molar-refractivity contribution is 5.45. The molecular formula is C9H13N5. The molecule has 5 heteroatoms. The molecule has 74 valence electrons. The molecule has 2 aromatic heterocycles. The van der Waals surface area contributed by atoms with Crippen molar-refractivity contribution >= 4 is 11.5 Å². The third kappa shape index (κ3) is 1.42. The summed E-state index contributed by atoms with van der Waals surface area (Å²) in [5, 5.41) is 4.37. The van der Waals surface area contributed by atoms with Crippen molar-refractivity contribution in [2.45, 2.75) is 6.54 Å². The molecule has 0 aromatic carbocycles. The van der Waals surface area contributed by atoms with Crippen molar-refractivity contribution < 1.29 is 0 Å². The average molecular weight is 191 g/mol. The minimum absolute atomic E-state index is 0.445. The summed E-state index contributed by atoms with van der Waals surface area (Å²) in [6, 6.07) is 3.87. The van der Waals surface area contributed by atoms with Gasteiger partial charge in [0.1, 0.15) is 5.82 Å². The molecule has 2 rings (SSSR count). The highest BCUT2D eigenvalue weighted by Crippen LogP contribution is 2.09. The Morgan fingerprint density at radius 2 is 2.21 bits per heavy atom. The number of anilines is 1. The standard InChI is InChI=1S/C9H13N5/c1-13(2)9-4-3-8-11-7(5-10)6-14(8)12-9/h3-4,6H,5,10H2,1-2H3. The van der Waals surface area contributed by atoms with Gasteiger partial charge in [0, 0.05) is 20.6 Å². The first-order chi connectivity index (χ1) is 6.70. The Labute approximate surface area is 82.2 Å². The molecule has 2 heterocycles. The third-order valence-corrected chi connectivity index (χ3v) is 2.02. The quantitative estimate of drug-likeness (QED) is 0.739. The van der Waals surface area contributed by atoms with E-state index in [9.17, 15) is 0 Å². The Balaban J connectivity index is 2.54. The van der Waals surface area contributed by atoms with Gasteiger partial charge < -0.3 is 10.6 Å². The van der Waals surface area contributed by atoms with Crippen molar-refractivity contribution in [2.75, 3.05) is 19.0 Å². The monoisotopic (exact) mass is 191 g/mol. The van der Waals surface area contributed by atoms with Crippen LogP contribution in [0.15, 0.2) is 18.3 Å². The lowest BCUT2D eigenvalue weighted by Gasteiger charge is -2.09. The van der Waals surface area contributed by atoms with Gasteiger partial charge in [0.05, 0.1) is 11.9 Å². The van der Waals surface area contributed by atoms with Crippen LogP contribution >= 0.6 is 0 Å². The van der Waals surface area contributed by atoms with Gasteiger partial charge in [-0.3, -0.25) is 0 Å². The van der Waals surface area contributed by atoms with Gasteiger partial charge in [-0.1, -0.05) is 0 Å². The Hall–Kier alpha value is -1.62. The maximum absolute atomic E-state index is 5.50. The van der Waals surface area contributed by atoms with Crippen molar-refractivity contribution in [1.29, 1.82) is 0 Å². The van der Waals surface area contributed by atoms with Gasteiger partial charge in [-0.2, -0.15) is 0 Å². The zero-order valence-electron chi connectivity index (χ0n) is 8.31. The van der Waals surface area contributed by atoms with E-state index < -0.39 is 0 Å². The summed E-state index contributed by atoms with van der Waals surface area (Å²) in [6.07, 6.45) is 1.85. The topological polar surface area (TPSA) is 59.5 Å². The molecule has 2 aromatic rings. The average Bonchev–Trinajstić information content (AvgIpc) is 2.58. The number of nitrogens with zero attached hydrogens (tertiary/aromatic N) is 4. The number of fused-ring (bicyclic) bond motifs is 1. The Morgan fingerprint density at radius 1 is 1.43 bits per heavy atom. The van der Waals surface area contributed by atoms with E-state index in [1.165, 1.54) is 0 Å². The Kier molecular flexibility index (Phi) is 2.09. The normalized spacial score (nSPS) is 10.8. The fourth-order valence-corrected chi connectivity index (χ4v) is 1.26. The molecule has 0 unspecified atom stereocenters. The lowest BCUT2D eigenvalue weighted by atomic mass is 10.5. The highest BCUT2D eigenvalue weighted by atomic mass is 15.3. The summed E-state index contributed by atoms with van der Waals surface area (Å²) < 4.78 is 1.75. The van der Waals surface area contributed by atoms with Crippen molar-refractivity contribution in [3.63, 3.8) is 0 Å². The first-order valence-electron chi connectivity index (χ1n) is 4.43. The van der Waals surface area contributed by atoms with Crippen molar-refractivity contribution in [2.24, 2.45) is 5.73 Å². The van der Waals surface area contributed by atoms with Gasteiger partial charge >= 0.3 is 0 Å². The van der Waals surface area contributed by atoms with Crippen molar-refractivity contribution in [3.05, 3.63) is 24.0 Å². The van der Waals surface area contributed by atoms with Gasteiger partial charge in [0.25, 0.3) is 0 Å². The fraction of sp³-hybridized carbons (Fsp3) is 0.333. The molecule has 0 bridgehead atoms. The van der Waals surface area contributed by atoms with Crippen LogP contribution in [0.25, 0.3) is 5.65 Å². The zero-order valence-corrected chi connectivity index (χ0v) is 8.31. The van der Waals surface area contributed by atoms with Crippen LogP contribution in [0.1, 0.15) is 5.69 Å². The van der Waals surface area contributed by atoms with E-state index >= 15 is 0 Å². The molecular weight excluding hydrogens is 178 g/mol. The molecule has 0 aliphatic carbocycles. The van der Waals surface area contributed by atoms with Gasteiger partial charge in [0.2, 0.25) is 0 Å². The molecule has 0 fully saturated rings. The lowest BCUT2D eigenvalue weighted by Crippen LogP contribution is -2.11. The van der Waals surface area contributed by atoms with Crippen LogP contribution in [0.2, 0.25) is 0 Å². The Bertz CT molecular complexity index is 445. The first-order valence-corrected chi connectivity index (χ1v) is 4.43. The van der Waals surface area contributed by atoms with Crippen LogP contribution in [0.5, 0.6) is 0 Å². The van der Waals surface area contributed by atoms with Crippen molar-refractivity contribution in [1.82, 2.24) is 14.6 Å². The van der Waals surface area contributed by atoms with Gasteiger partial charge in [0.15, 0.2) is 5.65 Å². The number of nitrogens with two attached hydrogens (primary N) is 1. The van der Waals surface area contributed by atoms with Crippen LogP contribution in [-0.4, -0.2) is 28.7 Å². The number of imidazole rings is 1. The maximum atomic E-state index is 5.50. The molecule has 5 nitrogen and oxygen atoms in total. The summed E-state index contributed by atoms with van der Waals surface area (Å²) in [4.78, 5) is 6.23. The first kappa shape index (κ1) is 8.96. The zero-order chi connectivity index (χ0) is 10.1. The van der Waals surface area contributed by atoms with Crippen molar-refractivity contribution in [3.8, 4) is 0 Å². The smallest absolute Gasteiger partial charge is 0.153 e. The molecule has 0 saturated heterocycles. The molecule has 0 saturated carbocycles. The Morgan fingerprint density at radius 3 is 2.86 bits per heavy atom. The highest BCUT2D eigenvalue weighted by Gasteiger charge is 2.02. The second kappa shape index (κ2) is 3.26. The number of rotatable bonds is 2. The lowest BCUT2D eigenvalue weighted by molar-refractivity contribution is 0.897. The van der Waals surface area contributed by atoms with Crippen LogP contribution in [-0.2, 0) is 6.54 Å². The summed E-state index contributed by atoms with van der Waals surface area (Å²) >= 11 is 0. The summed E-state index contributed by atoms with van der Waals surface area (Å²) in [6.45, 7) is 0.445. The van der Waals surface area contributed by atoms with Crippen LogP contribution in [0.3, 0.4) is 0 Å². The summed E-state index contributed by atoms with van der Waals surface area (Å²) in [7, 11) is 3.91. The molecule has 0 radical (unpaired) electrons. The van der Waals surface area contributed by atoms with Crippen LogP contribution in [0, 0.1) is 0 Å². The fourth-order valence-electron chi connectivity index (χ4n) is 1.26. The maximum Gasteiger partial charge on any atom is 0.153 e. The number of aromatic nitrogens is 3. The number of hydrogen-bond acceptors (Lipinski definition) is 4. The van der Waals surface area contributed by atoms with E-state index in [1.807, 2.05) is 37.3 Å².